The lowest BCUT2D eigenvalue weighted by molar-refractivity contribution is -0.141. The molecule has 0 aromatic carbocycles. The highest BCUT2D eigenvalue weighted by Crippen LogP contribution is 2.29. The van der Waals surface area contributed by atoms with Crippen LogP contribution in [0, 0.1) is 0 Å². The number of hydrogen-bond acceptors (Lipinski definition) is 4. The predicted molar refractivity (Wildman–Crippen MR) is 86.4 cm³/mol. The van der Waals surface area contributed by atoms with Crippen LogP contribution in [-0.4, -0.2) is 54.8 Å². The Hall–Kier alpha value is -1.19. The van der Waals surface area contributed by atoms with Gasteiger partial charge in [0, 0.05) is 25.3 Å². The molecular formula is C16H22F3N3O2S. The molecule has 1 aromatic heterocycles. The zero-order valence-corrected chi connectivity index (χ0v) is 14.7. The summed E-state index contributed by atoms with van der Waals surface area (Å²) in [5, 5.41) is 0. The average molecular weight is 377 g/mol. The SMILES string of the molecule is O=S(=O)(c1ccc(C(F)(F)F)nc1)N1CCCC(N2CCCC2)CC1. The lowest BCUT2D eigenvalue weighted by Crippen LogP contribution is -2.35. The highest BCUT2D eigenvalue weighted by molar-refractivity contribution is 7.89. The van der Waals surface area contributed by atoms with Gasteiger partial charge in [-0.1, -0.05) is 0 Å². The molecule has 0 bridgehead atoms. The summed E-state index contributed by atoms with van der Waals surface area (Å²) in [4.78, 5) is 5.52. The van der Waals surface area contributed by atoms with Crippen LogP contribution in [0.3, 0.4) is 0 Å². The number of alkyl halides is 3. The minimum absolute atomic E-state index is 0.180. The van der Waals surface area contributed by atoms with Crippen molar-refractivity contribution in [2.45, 2.75) is 49.2 Å². The van der Waals surface area contributed by atoms with E-state index < -0.39 is 21.9 Å². The van der Waals surface area contributed by atoms with Gasteiger partial charge in [0.2, 0.25) is 10.0 Å². The van der Waals surface area contributed by atoms with Crippen LogP contribution in [0.2, 0.25) is 0 Å². The zero-order chi connectivity index (χ0) is 18.1. The second kappa shape index (κ2) is 7.20. The van der Waals surface area contributed by atoms with Crippen LogP contribution in [-0.2, 0) is 16.2 Å². The molecule has 2 saturated heterocycles. The maximum absolute atomic E-state index is 12.7. The minimum Gasteiger partial charge on any atom is -0.300 e. The Kier molecular flexibility index (Phi) is 5.36. The zero-order valence-electron chi connectivity index (χ0n) is 13.9. The van der Waals surface area contributed by atoms with E-state index in [0.29, 0.717) is 19.1 Å². The van der Waals surface area contributed by atoms with Crippen LogP contribution in [0.4, 0.5) is 13.2 Å². The van der Waals surface area contributed by atoms with Crippen LogP contribution in [0.5, 0.6) is 0 Å². The molecule has 2 fully saturated rings. The third kappa shape index (κ3) is 4.15. The van der Waals surface area contributed by atoms with Crippen molar-refractivity contribution < 1.29 is 21.6 Å². The molecule has 1 unspecified atom stereocenters. The normalized spacial score (nSPS) is 24.4. The summed E-state index contributed by atoms with van der Waals surface area (Å²) < 4.78 is 64.6. The molecular weight excluding hydrogens is 355 g/mol. The molecule has 5 nitrogen and oxygen atoms in total. The lowest BCUT2D eigenvalue weighted by atomic mass is 10.1. The Bertz CT molecular complexity index is 686. The summed E-state index contributed by atoms with van der Waals surface area (Å²) >= 11 is 0. The van der Waals surface area contributed by atoms with E-state index in [0.717, 1.165) is 50.7 Å². The van der Waals surface area contributed by atoms with E-state index in [1.165, 1.54) is 17.1 Å². The molecule has 0 spiro atoms. The first-order chi connectivity index (χ1) is 11.8. The van der Waals surface area contributed by atoms with E-state index in [1.54, 1.807) is 0 Å². The summed E-state index contributed by atoms with van der Waals surface area (Å²) in [5.41, 5.74) is -1.09. The molecule has 9 heteroatoms. The van der Waals surface area contributed by atoms with Gasteiger partial charge in [-0.3, -0.25) is 4.98 Å². The van der Waals surface area contributed by atoms with Gasteiger partial charge >= 0.3 is 6.18 Å². The lowest BCUT2D eigenvalue weighted by Gasteiger charge is -2.26. The number of hydrogen-bond donors (Lipinski definition) is 0. The summed E-state index contributed by atoms with van der Waals surface area (Å²) in [5.74, 6) is 0. The van der Waals surface area contributed by atoms with Crippen molar-refractivity contribution in [2.24, 2.45) is 0 Å². The molecule has 140 valence electrons. The van der Waals surface area contributed by atoms with Crippen molar-refractivity contribution in [1.29, 1.82) is 0 Å². The maximum atomic E-state index is 12.7. The van der Waals surface area contributed by atoms with Crippen molar-refractivity contribution in [3.05, 3.63) is 24.0 Å². The number of aromatic nitrogens is 1. The van der Waals surface area contributed by atoms with Crippen molar-refractivity contribution in [3.63, 3.8) is 0 Å². The van der Waals surface area contributed by atoms with Gasteiger partial charge in [-0.15, -0.1) is 0 Å². The summed E-state index contributed by atoms with van der Waals surface area (Å²) in [6.07, 6.45) is 1.08. The van der Waals surface area contributed by atoms with Crippen LogP contribution < -0.4 is 0 Å². The molecule has 0 N–H and O–H groups in total. The molecule has 25 heavy (non-hydrogen) atoms. The standard InChI is InChI=1S/C16H22F3N3O2S/c17-16(18,19)15-6-5-14(12-20-15)25(23,24)22-10-3-4-13(7-11-22)21-8-1-2-9-21/h5-6,12-13H,1-4,7-11H2. The van der Waals surface area contributed by atoms with Gasteiger partial charge in [-0.2, -0.15) is 17.5 Å². The van der Waals surface area contributed by atoms with Gasteiger partial charge in [-0.05, 0) is 57.3 Å². The van der Waals surface area contributed by atoms with Gasteiger partial charge in [0.1, 0.15) is 10.6 Å². The van der Waals surface area contributed by atoms with E-state index in [-0.39, 0.29) is 4.90 Å². The summed E-state index contributed by atoms with van der Waals surface area (Å²) in [6.45, 7) is 2.93. The third-order valence-corrected chi connectivity index (χ3v) is 6.86. The molecule has 1 aromatic rings. The van der Waals surface area contributed by atoms with Crippen LogP contribution >= 0.6 is 0 Å². The van der Waals surface area contributed by atoms with Gasteiger partial charge in [0.25, 0.3) is 0 Å². The second-order valence-electron chi connectivity index (χ2n) is 6.61. The molecule has 0 amide bonds. The van der Waals surface area contributed by atoms with Crippen LogP contribution in [0.1, 0.15) is 37.8 Å². The predicted octanol–water partition coefficient (Wildman–Crippen LogP) is 2.74. The number of nitrogens with zero attached hydrogens (tertiary/aromatic N) is 3. The third-order valence-electron chi connectivity index (χ3n) is 4.98. The van der Waals surface area contributed by atoms with E-state index >= 15 is 0 Å². The van der Waals surface area contributed by atoms with E-state index in [4.69, 9.17) is 0 Å². The Balaban J connectivity index is 1.71. The molecule has 1 atom stereocenters. The minimum atomic E-state index is -4.58. The van der Waals surface area contributed by atoms with Gasteiger partial charge in [0.15, 0.2) is 0 Å². The molecule has 2 aliphatic heterocycles. The molecule has 3 heterocycles. The van der Waals surface area contributed by atoms with Gasteiger partial charge in [-0.25, -0.2) is 8.42 Å². The fraction of sp³-hybridized carbons (Fsp3) is 0.688. The maximum Gasteiger partial charge on any atom is 0.433 e. The number of likely N-dealkylation sites (tertiary alicyclic amines) is 1. The average Bonchev–Trinajstić information content (AvgIpc) is 2.98. The molecule has 3 rings (SSSR count). The van der Waals surface area contributed by atoms with Crippen molar-refractivity contribution in [2.75, 3.05) is 26.2 Å². The van der Waals surface area contributed by atoms with Crippen molar-refractivity contribution in [1.82, 2.24) is 14.2 Å². The number of halogens is 3. The first-order valence-electron chi connectivity index (χ1n) is 8.56. The Morgan fingerprint density at radius 3 is 2.32 bits per heavy atom. The number of rotatable bonds is 3. The quantitative estimate of drug-likeness (QED) is 0.813. The first-order valence-corrected chi connectivity index (χ1v) is 10.00. The fourth-order valence-corrected chi connectivity index (χ4v) is 5.05. The molecule has 0 aliphatic carbocycles. The summed E-state index contributed by atoms with van der Waals surface area (Å²) in [6, 6.07) is 2.11. The Labute approximate surface area is 145 Å². The monoisotopic (exact) mass is 377 g/mol. The smallest absolute Gasteiger partial charge is 0.300 e. The van der Waals surface area contributed by atoms with Crippen molar-refractivity contribution >= 4 is 10.0 Å². The van der Waals surface area contributed by atoms with E-state index in [9.17, 15) is 21.6 Å². The Morgan fingerprint density at radius 2 is 1.72 bits per heavy atom. The largest absolute Gasteiger partial charge is 0.433 e. The molecule has 2 aliphatic rings. The van der Waals surface area contributed by atoms with Crippen LogP contribution in [0.15, 0.2) is 23.2 Å². The topological polar surface area (TPSA) is 53.5 Å². The highest BCUT2D eigenvalue weighted by atomic mass is 32.2. The van der Waals surface area contributed by atoms with E-state index in [2.05, 4.69) is 9.88 Å². The number of sulfonamides is 1. The van der Waals surface area contributed by atoms with Gasteiger partial charge in [0.05, 0.1) is 0 Å². The van der Waals surface area contributed by atoms with Crippen molar-refractivity contribution in [3.8, 4) is 0 Å². The second-order valence-corrected chi connectivity index (χ2v) is 8.55. The number of pyridine rings is 1. The molecule has 0 radical (unpaired) electrons. The summed E-state index contributed by atoms with van der Waals surface area (Å²) in [7, 11) is -3.81. The Morgan fingerprint density at radius 1 is 1.00 bits per heavy atom. The van der Waals surface area contributed by atoms with E-state index in [1.807, 2.05) is 0 Å². The van der Waals surface area contributed by atoms with Gasteiger partial charge < -0.3 is 4.90 Å². The van der Waals surface area contributed by atoms with Crippen LogP contribution in [0.25, 0.3) is 0 Å². The highest BCUT2D eigenvalue weighted by Gasteiger charge is 2.34. The molecule has 0 saturated carbocycles. The first kappa shape index (κ1) is 18.6. The fourth-order valence-electron chi connectivity index (χ4n) is 3.61.